The second-order valence-corrected chi connectivity index (χ2v) is 7.79. The lowest BCUT2D eigenvalue weighted by molar-refractivity contribution is -0.114. The van der Waals surface area contributed by atoms with Gasteiger partial charge in [0.15, 0.2) is 5.84 Å². The van der Waals surface area contributed by atoms with Gasteiger partial charge in [0.2, 0.25) is 5.17 Å². The summed E-state index contributed by atoms with van der Waals surface area (Å²) in [6, 6.07) is 11.7. The van der Waals surface area contributed by atoms with Crippen molar-refractivity contribution >= 4 is 56.8 Å². The first-order valence-corrected chi connectivity index (χ1v) is 9.54. The van der Waals surface area contributed by atoms with Crippen molar-refractivity contribution in [2.75, 3.05) is 19.0 Å². The summed E-state index contributed by atoms with van der Waals surface area (Å²) in [5.74, 6) is -0.358. The van der Waals surface area contributed by atoms with Crippen LogP contribution < -0.4 is 4.90 Å². The third-order valence-electron chi connectivity index (χ3n) is 3.91. The van der Waals surface area contributed by atoms with E-state index in [1.165, 1.54) is 16.8 Å². The number of thiophene rings is 1. The maximum atomic E-state index is 12.4. The normalized spacial score (nSPS) is 18.1. The molecule has 3 heterocycles. The van der Waals surface area contributed by atoms with Crippen molar-refractivity contribution in [2.45, 2.75) is 0 Å². The fraction of sp³-hybridized carbons (Fsp3) is 0.111. The number of aliphatic imine (C=N–C) groups is 1. The maximum absolute atomic E-state index is 12.4. The molecule has 0 atom stereocenters. The smallest absolute Gasteiger partial charge is 0.283 e. The lowest BCUT2D eigenvalue weighted by Gasteiger charge is -2.20. The highest BCUT2D eigenvalue weighted by atomic mass is 32.2. The molecule has 0 bridgehead atoms. The van der Waals surface area contributed by atoms with E-state index in [4.69, 9.17) is 5.41 Å². The Hall–Kier alpha value is -2.71. The van der Waals surface area contributed by atoms with E-state index in [1.54, 1.807) is 17.4 Å². The summed E-state index contributed by atoms with van der Waals surface area (Å²) in [6.07, 6.45) is 1.69. The number of thioether (sulfide) groups is 1. The largest absolute Gasteiger partial charge is 0.378 e. The van der Waals surface area contributed by atoms with E-state index in [0.717, 1.165) is 21.2 Å². The molecule has 0 unspecified atom stereocenters. The van der Waals surface area contributed by atoms with Crippen molar-refractivity contribution in [1.82, 2.24) is 5.01 Å². The summed E-state index contributed by atoms with van der Waals surface area (Å²) in [7, 11) is 3.94. The minimum Gasteiger partial charge on any atom is -0.378 e. The average molecular weight is 381 g/mol. The number of anilines is 1. The summed E-state index contributed by atoms with van der Waals surface area (Å²) < 4.78 is 0. The van der Waals surface area contributed by atoms with Crippen LogP contribution in [0.15, 0.2) is 57.4 Å². The number of hydrazone groups is 1. The molecule has 1 aromatic heterocycles. The highest BCUT2D eigenvalue weighted by Crippen LogP contribution is 2.32. The first-order valence-electron chi connectivity index (χ1n) is 7.84. The number of nitrogens with zero attached hydrogens (tertiary/aromatic N) is 4. The van der Waals surface area contributed by atoms with Crippen LogP contribution in [0.25, 0.3) is 6.08 Å². The fourth-order valence-electron chi connectivity index (χ4n) is 2.53. The molecular formula is C18H15N5OS2. The fourth-order valence-corrected chi connectivity index (χ4v) is 4.21. The lowest BCUT2D eigenvalue weighted by atomic mass is 10.1. The highest BCUT2D eigenvalue weighted by Gasteiger charge is 2.36. The van der Waals surface area contributed by atoms with Crippen molar-refractivity contribution in [3.63, 3.8) is 0 Å². The maximum Gasteiger partial charge on any atom is 0.283 e. The first-order chi connectivity index (χ1) is 12.5. The molecule has 26 heavy (non-hydrogen) atoms. The Kier molecular flexibility index (Phi) is 4.21. The van der Waals surface area contributed by atoms with E-state index in [2.05, 4.69) is 10.1 Å². The van der Waals surface area contributed by atoms with E-state index in [9.17, 15) is 4.79 Å². The molecular weight excluding hydrogens is 366 g/mol. The molecule has 0 aliphatic carbocycles. The molecule has 130 valence electrons. The van der Waals surface area contributed by atoms with Gasteiger partial charge in [-0.2, -0.15) is 15.1 Å². The van der Waals surface area contributed by atoms with Gasteiger partial charge in [-0.15, -0.1) is 11.3 Å². The number of hydrogen-bond acceptors (Lipinski definition) is 6. The molecule has 0 fully saturated rings. The second kappa shape index (κ2) is 6.54. The SMILES string of the molecule is CN(C)c1ccc(C=C2C(=N)N3N=C(c4cccs4)SC3=NC2=O)cc1. The number of nitrogens with one attached hydrogen (secondary N) is 1. The van der Waals surface area contributed by atoms with Gasteiger partial charge in [0.05, 0.1) is 10.5 Å². The van der Waals surface area contributed by atoms with Gasteiger partial charge in [0.25, 0.3) is 5.91 Å². The molecule has 0 saturated carbocycles. The molecule has 0 radical (unpaired) electrons. The van der Waals surface area contributed by atoms with E-state index < -0.39 is 5.91 Å². The number of carbonyl (C=O) groups excluding carboxylic acids is 1. The van der Waals surface area contributed by atoms with Gasteiger partial charge in [-0.05, 0) is 47.0 Å². The van der Waals surface area contributed by atoms with Crippen LogP contribution in [0.3, 0.4) is 0 Å². The van der Waals surface area contributed by atoms with Crippen LogP contribution in [0.1, 0.15) is 10.4 Å². The Morgan fingerprint density at radius 1 is 1.19 bits per heavy atom. The quantitative estimate of drug-likeness (QED) is 0.826. The Balaban J connectivity index is 1.65. The summed E-state index contributed by atoms with van der Waals surface area (Å²) in [4.78, 5) is 19.5. The lowest BCUT2D eigenvalue weighted by Crippen LogP contribution is -2.35. The van der Waals surface area contributed by atoms with Crippen LogP contribution in [-0.4, -0.2) is 41.1 Å². The summed E-state index contributed by atoms with van der Waals surface area (Å²) >= 11 is 2.88. The predicted molar refractivity (Wildman–Crippen MR) is 109 cm³/mol. The van der Waals surface area contributed by atoms with Crippen LogP contribution in [0.5, 0.6) is 0 Å². The third-order valence-corrected chi connectivity index (χ3v) is 5.85. The Morgan fingerprint density at radius 2 is 1.96 bits per heavy atom. The molecule has 1 amide bonds. The Labute approximate surface area is 159 Å². The molecule has 0 spiro atoms. The zero-order valence-electron chi connectivity index (χ0n) is 14.1. The van der Waals surface area contributed by atoms with Gasteiger partial charge < -0.3 is 4.90 Å². The molecule has 0 saturated heterocycles. The van der Waals surface area contributed by atoms with Gasteiger partial charge >= 0.3 is 0 Å². The van der Waals surface area contributed by atoms with Crippen molar-refractivity contribution in [3.8, 4) is 0 Å². The van der Waals surface area contributed by atoms with Crippen LogP contribution in [0.2, 0.25) is 0 Å². The van der Waals surface area contributed by atoms with E-state index in [0.29, 0.717) is 5.17 Å². The summed E-state index contributed by atoms with van der Waals surface area (Å²) in [5.41, 5.74) is 2.15. The second-order valence-electron chi connectivity index (χ2n) is 5.89. The third kappa shape index (κ3) is 2.97. The molecule has 2 aromatic rings. The first kappa shape index (κ1) is 16.7. The number of amidine groups is 2. The van der Waals surface area contributed by atoms with Gasteiger partial charge in [-0.1, -0.05) is 18.2 Å². The number of carbonyl (C=O) groups is 1. The van der Waals surface area contributed by atoms with Crippen LogP contribution >= 0.6 is 23.1 Å². The molecule has 2 aliphatic rings. The minimum atomic E-state index is -0.409. The number of amides is 1. The molecule has 4 rings (SSSR count). The van der Waals surface area contributed by atoms with E-state index in [-0.39, 0.29) is 11.4 Å². The zero-order chi connectivity index (χ0) is 18.3. The van der Waals surface area contributed by atoms with Crippen LogP contribution in [0.4, 0.5) is 5.69 Å². The Morgan fingerprint density at radius 3 is 2.62 bits per heavy atom. The topological polar surface area (TPSA) is 72.1 Å². The molecule has 8 heteroatoms. The summed E-state index contributed by atoms with van der Waals surface area (Å²) in [6.45, 7) is 0. The molecule has 1 aromatic carbocycles. The number of rotatable bonds is 3. The number of hydrogen-bond donors (Lipinski definition) is 1. The van der Waals surface area contributed by atoms with Gasteiger partial charge in [0.1, 0.15) is 5.04 Å². The average Bonchev–Trinajstić information content (AvgIpc) is 3.28. The van der Waals surface area contributed by atoms with Crippen LogP contribution in [-0.2, 0) is 4.79 Å². The predicted octanol–water partition coefficient (Wildman–Crippen LogP) is 3.48. The van der Waals surface area contributed by atoms with Crippen molar-refractivity contribution in [1.29, 1.82) is 5.41 Å². The van der Waals surface area contributed by atoms with Gasteiger partial charge in [-0.3, -0.25) is 10.2 Å². The summed E-state index contributed by atoms with van der Waals surface area (Å²) in [5, 5.41) is 17.5. The number of benzene rings is 1. The van der Waals surface area contributed by atoms with E-state index >= 15 is 0 Å². The van der Waals surface area contributed by atoms with Gasteiger partial charge in [0, 0.05) is 19.8 Å². The van der Waals surface area contributed by atoms with Gasteiger partial charge in [-0.25, -0.2) is 0 Å². The van der Waals surface area contributed by atoms with Crippen molar-refractivity contribution < 1.29 is 4.79 Å². The van der Waals surface area contributed by atoms with Crippen LogP contribution in [0, 0.1) is 5.41 Å². The van der Waals surface area contributed by atoms with E-state index in [1.807, 2.05) is 60.8 Å². The minimum absolute atomic E-state index is 0.0516. The van der Waals surface area contributed by atoms with Crippen molar-refractivity contribution in [2.24, 2.45) is 10.1 Å². The van der Waals surface area contributed by atoms with Crippen molar-refractivity contribution in [3.05, 3.63) is 57.8 Å². The molecule has 6 nitrogen and oxygen atoms in total. The monoisotopic (exact) mass is 381 g/mol. The molecule has 2 aliphatic heterocycles. The molecule has 1 N–H and O–H groups in total. The standard InChI is InChI=1S/C18H15N5OS2/c1-22(2)12-7-5-11(6-8-12)10-13-15(19)23-18(20-16(13)24)26-17(21-23)14-4-3-9-25-14/h3-10,19H,1-2H3. The zero-order valence-corrected chi connectivity index (χ0v) is 15.8. The Bertz CT molecular complexity index is 972. The highest BCUT2D eigenvalue weighted by molar-refractivity contribution is 8.27. The number of fused-ring (bicyclic) bond motifs is 1.